The third kappa shape index (κ3) is 6.99. The SMILES string of the molecule is COC(=O)CCCCCNC(=S)Nc1cc(F)ccc1F. The first-order chi connectivity index (χ1) is 10.0. The van der Waals surface area contributed by atoms with Crippen LogP contribution in [0, 0.1) is 11.6 Å². The molecule has 1 aromatic rings. The van der Waals surface area contributed by atoms with Crippen molar-refractivity contribution in [3.05, 3.63) is 29.8 Å². The van der Waals surface area contributed by atoms with Crippen LogP contribution in [0.5, 0.6) is 0 Å². The number of anilines is 1. The van der Waals surface area contributed by atoms with Crippen LogP contribution >= 0.6 is 12.2 Å². The maximum atomic E-state index is 13.4. The molecule has 2 N–H and O–H groups in total. The maximum Gasteiger partial charge on any atom is 0.305 e. The molecule has 0 aliphatic carbocycles. The number of carbonyl (C=O) groups excluding carboxylic acids is 1. The number of unbranched alkanes of at least 4 members (excludes halogenated alkanes) is 2. The molecule has 0 spiro atoms. The van der Waals surface area contributed by atoms with E-state index in [1.54, 1.807) is 0 Å². The fraction of sp³-hybridized carbons (Fsp3) is 0.429. The highest BCUT2D eigenvalue weighted by Crippen LogP contribution is 2.14. The number of benzene rings is 1. The average molecular weight is 316 g/mol. The number of methoxy groups -OCH3 is 1. The van der Waals surface area contributed by atoms with Gasteiger partial charge in [0.15, 0.2) is 5.11 Å². The zero-order chi connectivity index (χ0) is 15.7. The molecule has 4 nitrogen and oxygen atoms in total. The largest absolute Gasteiger partial charge is 0.469 e. The van der Waals surface area contributed by atoms with E-state index in [0.29, 0.717) is 13.0 Å². The summed E-state index contributed by atoms with van der Waals surface area (Å²) in [5, 5.41) is 5.72. The van der Waals surface area contributed by atoms with E-state index in [4.69, 9.17) is 12.2 Å². The van der Waals surface area contributed by atoms with Gasteiger partial charge < -0.3 is 15.4 Å². The summed E-state index contributed by atoms with van der Waals surface area (Å²) in [7, 11) is 1.36. The number of ether oxygens (including phenoxy) is 1. The van der Waals surface area contributed by atoms with Crippen LogP contribution < -0.4 is 10.6 Å². The molecule has 0 radical (unpaired) electrons. The van der Waals surface area contributed by atoms with Crippen molar-refractivity contribution in [1.82, 2.24) is 5.32 Å². The van der Waals surface area contributed by atoms with Crippen LogP contribution in [0.3, 0.4) is 0 Å². The van der Waals surface area contributed by atoms with Crippen molar-refractivity contribution in [2.75, 3.05) is 19.0 Å². The summed E-state index contributed by atoms with van der Waals surface area (Å²) in [5.41, 5.74) is -0.00167. The molecule has 0 bridgehead atoms. The monoisotopic (exact) mass is 316 g/mol. The summed E-state index contributed by atoms with van der Waals surface area (Å²) in [5.74, 6) is -1.33. The first-order valence-corrected chi connectivity index (χ1v) is 7.00. The number of hydrogen-bond acceptors (Lipinski definition) is 3. The standard InChI is InChI=1S/C14H18F2N2O2S/c1-20-13(19)5-3-2-4-8-17-14(21)18-12-9-10(15)6-7-11(12)16/h6-7,9H,2-5,8H2,1H3,(H2,17,18,21). The molecule has 7 heteroatoms. The van der Waals surface area contributed by atoms with E-state index in [0.717, 1.165) is 37.5 Å². The molecule has 21 heavy (non-hydrogen) atoms. The molecule has 116 valence electrons. The van der Waals surface area contributed by atoms with Gasteiger partial charge in [0, 0.05) is 19.0 Å². The van der Waals surface area contributed by atoms with Crippen molar-refractivity contribution in [3.8, 4) is 0 Å². The molecule has 1 rings (SSSR count). The van der Waals surface area contributed by atoms with E-state index >= 15 is 0 Å². The predicted octanol–water partition coefficient (Wildman–Crippen LogP) is 2.98. The summed E-state index contributed by atoms with van der Waals surface area (Å²) >= 11 is 4.99. The number of esters is 1. The van der Waals surface area contributed by atoms with E-state index in [1.807, 2.05) is 0 Å². The highest BCUT2D eigenvalue weighted by atomic mass is 32.1. The number of nitrogens with one attached hydrogen (secondary N) is 2. The van der Waals surface area contributed by atoms with Crippen LogP contribution in [0.15, 0.2) is 18.2 Å². The van der Waals surface area contributed by atoms with E-state index in [1.165, 1.54) is 7.11 Å². The second-order valence-corrected chi connectivity index (χ2v) is 4.80. The summed E-state index contributed by atoms with van der Waals surface area (Å²) < 4.78 is 30.9. The van der Waals surface area contributed by atoms with Crippen LogP contribution in [0.25, 0.3) is 0 Å². The van der Waals surface area contributed by atoms with Gasteiger partial charge in [-0.25, -0.2) is 8.78 Å². The van der Waals surface area contributed by atoms with Crippen molar-refractivity contribution in [3.63, 3.8) is 0 Å². The zero-order valence-electron chi connectivity index (χ0n) is 11.7. The normalized spacial score (nSPS) is 10.0. The lowest BCUT2D eigenvalue weighted by Crippen LogP contribution is -2.29. The third-order valence-corrected chi connectivity index (χ3v) is 2.99. The van der Waals surface area contributed by atoms with Crippen LogP contribution in [-0.4, -0.2) is 24.7 Å². The molecule has 0 fully saturated rings. The van der Waals surface area contributed by atoms with Crippen LogP contribution in [-0.2, 0) is 9.53 Å². The van der Waals surface area contributed by atoms with Crippen molar-refractivity contribution >= 4 is 29.0 Å². The molecule has 1 aromatic carbocycles. The quantitative estimate of drug-likeness (QED) is 0.460. The topological polar surface area (TPSA) is 50.4 Å². The lowest BCUT2D eigenvalue weighted by atomic mass is 10.2. The fourth-order valence-corrected chi connectivity index (χ4v) is 1.85. The number of thiocarbonyl (C=S) groups is 1. The van der Waals surface area contributed by atoms with E-state index in [-0.39, 0.29) is 16.8 Å². The Morgan fingerprint density at radius 1 is 1.29 bits per heavy atom. The van der Waals surface area contributed by atoms with Gasteiger partial charge in [-0.1, -0.05) is 6.42 Å². The Balaban J connectivity index is 2.20. The minimum absolute atomic E-state index is 0.00167. The van der Waals surface area contributed by atoms with Gasteiger partial charge in [0.1, 0.15) is 11.6 Å². The fourth-order valence-electron chi connectivity index (χ4n) is 1.63. The van der Waals surface area contributed by atoms with Gasteiger partial charge in [-0.2, -0.15) is 0 Å². The van der Waals surface area contributed by atoms with Gasteiger partial charge in [0.2, 0.25) is 0 Å². The summed E-state index contributed by atoms with van der Waals surface area (Å²) in [4.78, 5) is 10.9. The van der Waals surface area contributed by atoms with E-state index in [9.17, 15) is 13.6 Å². The molecule has 0 saturated carbocycles. The molecule has 0 saturated heterocycles. The van der Waals surface area contributed by atoms with Gasteiger partial charge >= 0.3 is 5.97 Å². The first kappa shape index (κ1) is 17.3. The van der Waals surface area contributed by atoms with Crippen LogP contribution in [0.2, 0.25) is 0 Å². The molecule has 0 aromatic heterocycles. The smallest absolute Gasteiger partial charge is 0.305 e. The van der Waals surface area contributed by atoms with Crippen LogP contribution in [0.1, 0.15) is 25.7 Å². The zero-order valence-corrected chi connectivity index (χ0v) is 12.6. The molecular formula is C14H18F2N2O2S. The summed E-state index contributed by atoms with van der Waals surface area (Å²) in [6, 6.07) is 3.12. The number of rotatable bonds is 7. The molecular weight excluding hydrogens is 298 g/mol. The highest BCUT2D eigenvalue weighted by molar-refractivity contribution is 7.80. The second-order valence-electron chi connectivity index (χ2n) is 4.39. The Labute approximate surface area is 127 Å². The lowest BCUT2D eigenvalue weighted by molar-refractivity contribution is -0.140. The van der Waals surface area contributed by atoms with Crippen LogP contribution in [0.4, 0.5) is 14.5 Å². The Hall–Kier alpha value is -1.76. The van der Waals surface area contributed by atoms with Crippen molar-refractivity contribution in [2.45, 2.75) is 25.7 Å². The minimum atomic E-state index is -0.571. The van der Waals surface area contributed by atoms with Crippen molar-refractivity contribution in [2.24, 2.45) is 0 Å². The molecule has 0 aliphatic heterocycles. The van der Waals surface area contributed by atoms with E-state index < -0.39 is 11.6 Å². The Kier molecular flexibility index (Phi) is 7.60. The number of halogens is 2. The molecule has 0 unspecified atom stereocenters. The molecule has 0 aliphatic rings. The van der Waals surface area contributed by atoms with Crippen molar-refractivity contribution in [1.29, 1.82) is 0 Å². The average Bonchev–Trinajstić information content (AvgIpc) is 2.46. The Morgan fingerprint density at radius 3 is 2.76 bits per heavy atom. The number of carbonyl (C=O) groups is 1. The van der Waals surface area contributed by atoms with Crippen molar-refractivity contribution < 1.29 is 18.3 Å². The summed E-state index contributed by atoms with van der Waals surface area (Å²) in [6.07, 6.45) is 2.80. The molecule has 0 atom stereocenters. The lowest BCUT2D eigenvalue weighted by Gasteiger charge is -2.11. The predicted molar refractivity (Wildman–Crippen MR) is 81.1 cm³/mol. The first-order valence-electron chi connectivity index (χ1n) is 6.59. The third-order valence-electron chi connectivity index (χ3n) is 2.75. The summed E-state index contributed by atoms with van der Waals surface area (Å²) in [6.45, 7) is 0.587. The highest BCUT2D eigenvalue weighted by Gasteiger charge is 2.05. The van der Waals surface area contributed by atoms with Gasteiger partial charge in [0.25, 0.3) is 0 Å². The Morgan fingerprint density at radius 2 is 2.05 bits per heavy atom. The minimum Gasteiger partial charge on any atom is -0.469 e. The molecule has 0 heterocycles. The van der Waals surface area contributed by atoms with Gasteiger partial charge in [-0.3, -0.25) is 4.79 Å². The van der Waals surface area contributed by atoms with Gasteiger partial charge in [0.05, 0.1) is 12.8 Å². The van der Waals surface area contributed by atoms with Gasteiger partial charge in [-0.15, -0.1) is 0 Å². The maximum absolute atomic E-state index is 13.4. The van der Waals surface area contributed by atoms with Gasteiger partial charge in [-0.05, 0) is 37.2 Å². The Bertz CT molecular complexity index is 498. The van der Waals surface area contributed by atoms with E-state index in [2.05, 4.69) is 15.4 Å². The number of hydrogen-bond donors (Lipinski definition) is 2. The molecule has 0 amide bonds. The second kappa shape index (κ2) is 9.23.